The van der Waals surface area contributed by atoms with E-state index in [1.54, 1.807) is 6.92 Å². The lowest BCUT2D eigenvalue weighted by Crippen LogP contribution is -2.49. The van der Waals surface area contributed by atoms with Crippen LogP contribution in [0.5, 0.6) is 0 Å². The number of nitrogens with one attached hydrogen (secondary N) is 1. The van der Waals surface area contributed by atoms with Gasteiger partial charge in [0.1, 0.15) is 0 Å². The molecule has 1 aliphatic rings. The molecule has 0 aromatic carbocycles. The molecule has 3 nitrogen and oxygen atoms in total. The van der Waals surface area contributed by atoms with Crippen LogP contribution in [0.25, 0.3) is 0 Å². The summed E-state index contributed by atoms with van der Waals surface area (Å²) in [5.74, 6) is 0.0972. The van der Waals surface area contributed by atoms with Crippen LogP contribution in [0.15, 0.2) is 0 Å². The molecule has 0 aliphatic heterocycles. The molecule has 0 heterocycles. The van der Waals surface area contributed by atoms with Crippen LogP contribution in [0.1, 0.15) is 47.5 Å². The maximum atomic E-state index is 11.1. The highest BCUT2D eigenvalue weighted by Gasteiger charge is 2.45. The van der Waals surface area contributed by atoms with Crippen molar-refractivity contribution in [3.05, 3.63) is 0 Å². The standard InChI is InChI=1S/C12H24N2O/c1-9(2)14(10(3)4)8-12(6-7-12)13-11(5)15/h9-10H,6-8H2,1-5H3,(H,13,15). The van der Waals surface area contributed by atoms with E-state index in [0.717, 1.165) is 19.4 Å². The SMILES string of the molecule is CC(=O)NC1(CN(C(C)C)C(C)C)CC1. The molecule has 0 spiro atoms. The fourth-order valence-corrected chi connectivity index (χ4v) is 2.16. The van der Waals surface area contributed by atoms with Gasteiger partial charge in [-0.1, -0.05) is 0 Å². The molecule has 3 heteroatoms. The molecule has 88 valence electrons. The van der Waals surface area contributed by atoms with Crippen molar-refractivity contribution in [2.24, 2.45) is 0 Å². The van der Waals surface area contributed by atoms with E-state index >= 15 is 0 Å². The molecule has 0 bridgehead atoms. The third kappa shape index (κ3) is 3.49. The first-order valence-electron chi connectivity index (χ1n) is 5.91. The molecule has 1 saturated carbocycles. The predicted molar refractivity (Wildman–Crippen MR) is 62.8 cm³/mol. The highest BCUT2D eigenvalue weighted by molar-refractivity contribution is 5.74. The Hall–Kier alpha value is -0.570. The summed E-state index contributed by atoms with van der Waals surface area (Å²) in [6, 6.07) is 1.08. The van der Waals surface area contributed by atoms with Crippen LogP contribution in [-0.4, -0.2) is 35.0 Å². The Morgan fingerprint density at radius 1 is 1.27 bits per heavy atom. The van der Waals surface area contributed by atoms with Crippen molar-refractivity contribution in [2.75, 3.05) is 6.54 Å². The molecule has 0 unspecified atom stereocenters. The lowest BCUT2D eigenvalue weighted by molar-refractivity contribution is -0.120. The van der Waals surface area contributed by atoms with Gasteiger partial charge < -0.3 is 5.32 Å². The summed E-state index contributed by atoms with van der Waals surface area (Å²) in [4.78, 5) is 13.5. The van der Waals surface area contributed by atoms with E-state index in [2.05, 4.69) is 37.9 Å². The van der Waals surface area contributed by atoms with Gasteiger partial charge in [0.15, 0.2) is 0 Å². The summed E-state index contributed by atoms with van der Waals surface area (Å²) in [7, 11) is 0. The minimum atomic E-state index is 0.0837. The Kier molecular flexibility index (Phi) is 3.77. The minimum absolute atomic E-state index is 0.0837. The molecule has 1 rings (SSSR count). The monoisotopic (exact) mass is 212 g/mol. The Balaban J connectivity index is 2.54. The van der Waals surface area contributed by atoms with Gasteiger partial charge in [-0.25, -0.2) is 0 Å². The Labute approximate surface area is 93.2 Å². The zero-order valence-electron chi connectivity index (χ0n) is 10.6. The molecule has 1 N–H and O–H groups in total. The van der Waals surface area contributed by atoms with Gasteiger partial charge in [-0.2, -0.15) is 0 Å². The molecule has 1 fully saturated rings. The van der Waals surface area contributed by atoms with Gasteiger partial charge in [-0.15, -0.1) is 0 Å². The average Bonchev–Trinajstić information content (AvgIpc) is 2.79. The minimum Gasteiger partial charge on any atom is -0.350 e. The highest BCUT2D eigenvalue weighted by atomic mass is 16.1. The molecule has 0 radical (unpaired) electrons. The summed E-state index contributed by atoms with van der Waals surface area (Å²) in [6.45, 7) is 11.4. The lowest BCUT2D eigenvalue weighted by Gasteiger charge is -2.34. The van der Waals surface area contributed by atoms with Gasteiger partial charge in [-0.3, -0.25) is 9.69 Å². The van der Waals surface area contributed by atoms with E-state index in [-0.39, 0.29) is 11.4 Å². The summed E-state index contributed by atoms with van der Waals surface area (Å²) >= 11 is 0. The molecule has 15 heavy (non-hydrogen) atoms. The van der Waals surface area contributed by atoms with Crippen molar-refractivity contribution >= 4 is 5.91 Å². The largest absolute Gasteiger partial charge is 0.350 e. The van der Waals surface area contributed by atoms with Crippen LogP contribution in [0.2, 0.25) is 0 Å². The van der Waals surface area contributed by atoms with Crippen LogP contribution in [0.3, 0.4) is 0 Å². The first-order chi connectivity index (χ1) is 6.86. The third-order valence-electron chi connectivity index (χ3n) is 3.11. The van der Waals surface area contributed by atoms with Crippen molar-refractivity contribution in [1.29, 1.82) is 0 Å². The number of hydrogen-bond donors (Lipinski definition) is 1. The van der Waals surface area contributed by atoms with Crippen molar-refractivity contribution in [3.8, 4) is 0 Å². The van der Waals surface area contributed by atoms with E-state index in [0.29, 0.717) is 12.1 Å². The van der Waals surface area contributed by atoms with Crippen LogP contribution in [0.4, 0.5) is 0 Å². The number of nitrogens with zero attached hydrogens (tertiary/aromatic N) is 1. The van der Waals surface area contributed by atoms with Gasteiger partial charge in [0.25, 0.3) is 0 Å². The Morgan fingerprint density at radius 3 is 2.00 bits per heavy atom. The van der Waals surface area contributed by atoms with E-state index in [1.165, 1.54) is 0 Å². The van der Waals surface area contributed by atoms with Crippen molar-refractivity contribution in [2.45, 2.75) is 65.1 Å². The van der Waals surface area contributed by atoms with Crippen molar-refractivity contribution < 1.29 is 4.79 Å². The molecular weight excluding hydrogens is 188 g/mol. The van der Waals surface area contributed by atoms with E-state index in [4.69, 9.17) is 0 Å². The van der Waals surface area contributed by atoms with Crippen LogP contribution >= 0.6 is 0 Å². The second-order valence-corrected chi connectivity index (χ2v) is 5.32. The number of amides is 1. The van der Waals surface area contributed by atoms with Crippen LogP contribution in [-0.2, 0) is 4.79 Å². The van der Waals surface area contributed by atoms with E-state index < -0.39 is 0 Å². The molecule has 1 aliphatic carbocycles. The zero-order chi connectivity index (χ0) is 11.6. The average molecular weight is 212 g/mol. The van der Waals surface area contributed by atoms with Crippen molar-refractivity contribution in [1.82, 2.24) is 10.2 Å². The topological polar surface area (TPSA) is 32.3 Å². The Bertz CT molecular complexity index is 224. The molecule has 0 atom stereocenters. The predicted octanol–water partition coefficient (Wildman–Crippen LogP) is 1.77. The smallest absolute Gasteiger partial charge is 0.217 e. The van der Waals surface area contributed by atoms with Crippen LogP contribution < -0.4 is 5.32 Å². The first kappa shape index (κ1) is 12.5. The van der Waals surface area contributed by atoms with Gasteiger partial charge in [-0.05, 0) is 40.5 Å². The third-order valence-corrected chi connectivity index (χ3v) is 3.11. The fourth-order valence-electron chi connectivity index (χ4n) is 2.16. The van der Waals surface area contributed by atoms with E-state index in [1.807, 2.05) is 0 Å². The summed E-state index contributed by atoms with van der Waals surface area (Å²) in [5, 5.41) is 3.09. The Morgan fingerprint density at radius 2 is 1.73 bits per heavy atom. The summed E-state index contributed by atoms with van der Waals surface area (Å²) in [5.41, 5.74) is 0.0837. The van der Waals surface area contributed by atoms with Gasteiger partial charge in [0.05, 0.1) is 5.54 Å². The number of carbonyl (C=O) groups is 1. The fraction of sp³-hybridized carbons (Fsp3) is 0.917. The second-order valence-electron chi connectivity index (χ2n) is 5.32. The lowest BCUT2D eigenvalue weighted by atomic mass is 10.1. The number of rotatable bonds is 5. The summed E-state index contributed by atoms with van der Waals surface area (Å²) < 4.78 is 0. The number of carbonyl (C=O) groups excluding carboxylic acids is 1. The zero-order valence-corrected chi connectivity index (χ0v) is 10.6. The molecule has 0 aromatic rings. The van der Waals surface area contributed by atoms with Gasteiger partial charge in [0.2, 0.25) is 5.91 Å². The molecule has 0 saturated heterocycles. The quantitative estimate of drug-likeness (QED) is 0.753. The second kappa shape index (κ2) is 4.52. The van der Waals surface area contributed by atoms with Crippen LogP contribution in [0, 0.1) is 0 Å². The first-order valence-corrected chi connectivity index (χ1v) is 5.91. The maximum Gasteiger partial charge on any atom is 0.217 e. The van der Waals surface area contributed by atoms with Gasteiger partial charge >= 0.3 is 0 Å². The summed E-state index contributed by atoms with van der Waals surface area (Å²) in [6.07, 6.45) is 2.26. The van der Waals surface area contributed by atoms with E-state index in [9.17, 15) is 4.79 Å². The van der Waals surface area contributed by atoms with Gasteiger partial charge in [0, 0.05) is 25.6 Å². The molecule has 0 aromatic heterocycles. The maximum absolute atomic E-state index is 11.1. The normalized spacial score (nSPS) is 18.7. The van der Waals surface area contributed by atoms with Crippen molar-refractivity contribution in [3.63, 3.8) is 0 Å². The number of hydrogen-bond acceptors (Lipinski definition) is 2. The highest BCUT2D eigenvalue weighted by Crippen LogP contribution is 2.36. The molecular formula is C12H24N2O. The molecule has 1 amide bonds.